The van der Waals surface area contributed by atoms with Crippen molar-refractivity contribution in [2.24, 2.45) is 5.92 Å². The summed E-state index contributed by atoms with van der Waals surface area (Å²) < 4.78 is 8.03. The van der Waals surface area contributed by atoms with Crippen molar-refractivity contribution in [3.8, 4) is 5.88 Å². The second-order valence-corrected chi connectivity index (χ2v) is 8.77. The molecule has 2 amide bonds. The number of aromatic nitrogens is 3. The number of nitrogens with one attached hydrogen (secondary N) is 1. The molecule has 3 fully saturated rings. The highest BCUT2D eigenvalue weighted by Gasteiger charge is 2.31. The van der Waals surface area contributed by atoms with E-state index < -0.39 is 17.3 Å². The lowest BCUT2D eigenvalue weighted by molar-refractivity contribution is -0.129. The summed E-state index contributed by atoms with van der Waals surface area (Å²) in [6, 6.07) is 0.0550. The molecule has 2 aromatic heterocycles. The average Bonchev–Trinajstić information content (AvgIpc) is 3.47. The zero-order valence-corrected chi connectivity index (χ0v) is 17.8. The SMILES string of the molecule is O=C(NC1CC1)c1c(O)n2ncc(/C=C/C(=O)N3CCOCC3)c2n(CC2CCC2)c1=O. The molecule has 170 valence electrons. The molecule has 2 saturated carbocycles. The average molecular weight is 441 g/mol. The predicted molar refractivity (Wildman–Crippen MR) is 115 cm³/mol. The van der Waals surface area contributed by atoms with Crippen LogP contribution in [0.4, 0.5) is 0 Å². The number of hydrogen-bond acceptors (Lipinski definition) is 6. The summed E-state index contributed by atoms with van der Waals surface area (Å²) in [6.45, 7) is 2.53. The lowest BCUT2D eigenvalue weighted by Gasteiger charge is -2.27. The number of aromatic hydroxyl groups is 1. The molecule has 0 unspecified atom stereocenters. The third-order valence-electron chi connectivity index (χ3n) is 6.44. The Morgan fingerprint density at radius 1 is 1.22 bits per heavy atom. The van der Waals surface area contributed by atoms with Crippen molar-refractivity contribution >= 4 is 23.5 Å². The number of rotatable bonds is 6. The molecule has 3 aliphatic rings. The number of ether oxygens (including phenoxy) is 1. The molecule has 1 aliphatic heterocycles. The molecule has 32 heavy (non-hydrogen) atoms. The molecule has 0 bridgehead atoms. The molecule has 2 aromatic rings. The molecule has 0 radical (unpaired) electrons. The van der Waals surface area contributed by atoms with Crippen molar-refractivity contribution in [2.45, 2.75) is 44.7 Å². The van der Waals surface area contributed by atoms with Crippen LogP contribution >= 0.6 is 0 Å². The zero-order chi connectivity index (χ0) is 22.2. The summed E-state index contributed by atoms with van der Waals surface area (Å²) in [6.07, 6.45) is 9.44. The fraction of sp³-hybridized carbons (Fsp3) is 0.545. The normalized spacial score (nSPS) is 19.4. The monoisotopic (exact) mass is 441 g/mol. The molecule has 2 aliphatic carbocycles. The van der Waals surface area contributed by atoms with E-state index in [9.17, 15) is 19.5 Å². The smallest absolute Gasteiger partial charge is 0.270 e. The molecule has 3 heterocycles. The quantitative estimate of drug-likeness (QED) is 0.639. The molecular weight excluding hydrogens is 414 g/mol. The van der Waals surface area contributed by atoms with Crippen LogP contribution in [0, 0.1) is 5.92 Å². The van der Waals surface area contributed by atoms with Gasteiger partial charge in [-0.05, 0) is 37.7 Å². The van der Waals surface area contributed by atoms with Gasteiger partial charge in [0.05, 0.1) is 19.4 Å². The fourth-order valence-corrected chi connectivity index (χ4v) is 4.17. The van der Waals surface area contributed by atoms with Crippen LogP contribution < -0.4 is 10.9 Å². The first-order chi connectivity index (χ1) is 15.5. The summed E-state index contributed by atoms with van der Waals surface area (Å²) in [5, 5.41) is 17.8. The predicted octanol–water partition coefficient (Wildman–Crippen LogP) is 0.766. The van der Waals surface area contributed by atoms with Gasteiger partial charge in [0.1, 0.15) is 5.65 Å². The Kier molecular flexibility index (Phi) is 5.46. The first-order valence-corrected chi connectivity index (χ1v) is 11.2. The van der Waals surface area contributed by atoms with Crippen LogP contribution in [-0.2, 0) is 16.1 Å². The molecule has 10 heteroatoms. The topological polar surface area (TPSA) is 118 Å². The highest BCUT2D eigenvalue weighted by molar-refractivity contribution is 5.97. The van der Waals surface area contributed by atoms with Crippen molar-refractivity contribution in [3.05, 3.63) is 33.8 Å². The Bertz CT molecular complexity index is 1140. The molecule has 10 nitrogen and oxygen atoms in total. The molecule has 0 spiro atoms. The van der Waals surface area contributed by atoms with Crippen LogP contribution in [0.1, 0.15) is 48.0 Å². The molecule has 2 N–H and O–H groups in total. The van der Waals surface area contributed by atoms with E-state index in [0.29, 0.717) is 50.0 Å². The van der Waals surface area contributed by atoms with Crippen molar-refractivity contribution < 1.29 is 19.4 Å². The molecule has 5 rings (SSSR count). The molecule has 1 saturated heterocycles. The summed E-state index contributed by atoms with van der Waals surface area (Å²) in [7, 11) is 0. The Labute approximate surface area is 184 Å². The van der Waals surface area contributed by atoms with Crippen molar-refractivity contribution in [1.82, 2.24) is 24.4 Å². The minimum absolute atomic E-state index is 0.0550. The van der Waals surface area contributed by atoms with Crippen LogP contribution in [0.25, 0.3) is 11.7 Å². The Hall–Kier alpha value is -3.14. The number of carbonyl (C=O) groups is 2. The third kappa shape index (κ3) is 3.90. The summed E-state index contributed by atoms with van der Waals surface area (Å²) in [5.41, 5.74) is 0.0994. The lowest BCUT2D eigenvalue weighted by Crippen LogP contribution is -2.39. The first-order valence-electron chi connectivity index (χ1n) is 11.2. The van der Waals surface area contributed by atoms with E-state index in [4.69, 9.17) is 4.74 Å². The zero-order valence-electron chi connectivity index (χ0n) is 17.8. The third-order valence-corrected chi connectivity index (χ3v) is 6.44. The van der Waals surface area contributed by atoms with E-state index in [-0.39, 0.29) is 17.5 Å². The van der Waals surface area contributed by atoms with E-state index >= 15 is 0 Å². The van der Waals surface area contributed by atoms with E-state index in [2.05, 4.69) is 10.4 Å². The number of carbonyl (C=O) groups excluding carboxylic acids is 2. The van der Waals surface area contributed by atoms with Crippen LogP contribution in [-0.4, -0.2) is 68.3 Å². The van der Waals surface area contributed by atoms with Crippen molar-refractivity contribution in [1.29, 1.82) is 0 Å². The van der Waals surface area contributed by atoms with Crippen LogP contribution in [0.5, 0.6) is 5.88 Å². The summed E-state index contributed by atoms with van der Waals surface area (Å²) in [4.78, 5) is 40.3. The van der Waals surface area contributed by atoms with Crippen molar-refractivity contribution in [3.63, 3.8) is 0 Å². The van der Waals surface area contributed by atoms with Crippen LogP contribution in [0.2, 0.25) is 0 Å². The fourth-order valence-electron chi connectivity index (χ4n) is 4.17. The molecule has 0 atom stereocenters. The number of nitrogens with zero attached hydrogens (tertiary/aromatic N) is 4. The number of morpholine rings is 1. The van der Waals surface area contributed by atoms with Gasteiger partial charge in [-0.3, -0.25) is 19.0 Å². The standard InChI is InChI=1S/C22H27N5O5/c28-17(25-8-10-32-11-9-25)7-4-15-12-23-27-20(15)26(13-14-2-1-3-14)21(30)18(22(27)31)19(29)24-16-5-6-16/h4,7,12,14,16,31H,1-3,5-6,8-11,13H2,(H,24,29)/b7-4+. The van der Waals surface area contributed by atoms with Crippen molar-refractivity contribution in [2.75, 3.05) is 26.3 Å². The number of hydrogen-bond donors (Lipinski definition) is 2. The van der Waals surface area contributed by atoms with Gasteiger partial charge in [-0.25, -0.2) is 0 Å². The minimum atomic E-state index is -0.575. The Morgan fingerprint density at radius 2 is 1.97 bits per heavy atom. The van der Waals surface area contributed by atoms with E-state index in [1.54, 1.807) is 11.0 Å². The van der Waals surface area contributed by atoms with Gasteiger partial charge in [0, 0.05) is 37.3 Å². The van der Waals surface area contributed by atoms with Gasteiger partial charge in [0.15, 0.2) is 5.56 Å². The van der Waals surface area contributed by atoms with Gasteiger partial charge in [0.2, 0.25) is 11.8 Å². The summed E-state index contributed by atoms with van der Waals surface area (Å²) >= 11 is 0. The second-order valence-electron chi connectivity index (χ2n) is 8.77. The number of amides is 2. The molecule has 0 aromatic carbocycles. The minimum Gasteiger partial charge on any atom is -0.492 e. The maximum absolute atomic E-state index is 13.3. The van der Waals surface area contributed by atoms with E-state index in [0.717, 1.165) is 32.1 Å². The van der Waals surface area contributed by atoms with Gasteiger partial charge in [-0.15, -0.1) is 0 Å². The van der Waals surface area contributed by atoms with Gasteiger partial charge < -0.3 is 20.1 Å². The maximum Gasteiger partial charge on any atom is 0.270 e. The lowest BCUT2D eigenvalue weighted by atomic mass is 9.85. The highest BCUT2D eigenvalue weighted by Crippen LogP contribution is 2.29. The highest BCUT2D eigenvalue weighted by atomic mass is 16.5. The van der Waals surface area contributed by atoms with Gasteiger partial charge in [0.25, 0.3) is 11.5 Å². The van der Waals surface area contributed by atoms with E-state index in [1.807, 2.05) is 0 Å². The van der Waals surface area contributed by atoms with Crippen LogP contribution in [0.15, 0.2) is 17.1 Å². The summed E-state index contributed by atoms with van der Waals surface area (Å²) in [5.74, 6) is -0.867. The van der Waals surface area contributed by atoms with Crippen LogP contribution in [0.3, 0.4) is 0 Å². The van der Waals surface area contributed by atoms with E-state index in [1.165, 1.54) is 21.4 Å². The maximum atomic E-state index is 13.3. The Balaban J connectivity index is 1.54. The Morgan fingerprint density at radius 3 is 2.62 bits per heavy atom. The largest absolute Gasteiger partial charge is 0.492 e. The van der Waals surface area contributed by atoms with Gasteiger partial charge in [-0.2, -0.15) is 9.61 Å². The number of fused-ring (bicyclic) bond motifs is 1. The second kappa shape index (κ2) is 8.42. The van der Waals surface area contributed by atoms with Gasteiger partial charge in [-0.1, -0.05) is 6.42 Å². The van der Waals surface area contributed by atoms with Gasteiger partial charge >= 0.3 is 0 Å². The first kappa shape index (κ1) is 20.7. The molecular formula is C22H27N5O5.